The summed E-state index contributed by atoms with van der Waals surface area (Å²) < 4.78 is 41.4. The topological polar surface area (TPSA) is 128 Å². The minimum Gasteiger partial charge on any atom is -0.487 e. The molecule has 4 aromatic rings. The van der Waals surface area contributed by atoms with Crippen molar-refractivity contribution in [3.63, 3.8) is 0 Å². The van der Waals surface area contributed by atoms with Crippen LogP contribution < -0.4 is 14.8 Å². The molecule has 2 N–H and O–H groups in total. The van der Waals surface area contributed by atoms with Gasteiger partial charge in [-0.3, -0.25) is 14.2 Å². The van der Waals surface area contributed by atoms with E-state index in [-0.39, 0.29) is 22.9 Å². The molecule has 0 aliphatic carbocycles. The molecule has 2 aromatic carbocycles. The average molecular weight is 510 g/mol. The van der Waals surface area contributed by atoms with Crippen LogP contribution in [0.4, 0.5) is 5.82 Å². The lowest BCUT2D eigenvalue weighted by atomic mass is 10.2. The van der Waals surface area contributed by atoms with Crippen molar-refractivity contribution in [1.82, 2.24) is 20.1 Å². The third kappa shape index (κ3) is 5.57. The van der Waals surface area contributed by atoms with Crippen molar-refractivity contribution in [3.8, 4) is 17.2 Å². The first-order valence-electron chi connectivity index (χ1n) is 11.4. The van der Waals surface area contributed by atoms with Crippen molar-refractivity contribution >= 4 is 21.7 Å². The Bertz CT molecular complexity index is 1440. The van der Waals surface area contributed by atoms with Crippen molar-refractivity contribution in [1.29, 1.82) is 0 Å². The van der Waals surface area contributed by atoms with Gasteiger partial charge < -0.3 is 14.5 Å². The van der Waals surface area contributed by atoms with Crippen molar-refractivity contribution in [2.45, 2.75) is 38.8 Å². The summed E-state index contributed by atoms with van der Waals surface area (Å²) >= 11 is 0. The van der Waals surface area contributed by atoms with Crippen LogP contribution in [-0.4, -0.2) is 35.6 Å². The third-order valence-corrected chi connectivity index (χ3v) is 6.68. The van der Waals surface area contributed by atoms with E-state index in [4.69, 9.17) is 9.15 Å². The summed E-state index contributed by atoms with van der Waals surface area (Å²) in [6.45, 7) is 6.49. The number of rotatable bonds is 10. The number of nitrogens with one attached hydrogen (secondary N) is 2. The number of aryl methyl sites for hydroxylation is 2. The molecule has 2 aromatic heterocycles. The van der Waals surface area contributed by atoms with E-state index in [9.17, 15) is 13.2 Å². The van der Waals surface area contributed by atoms with Crippen LogP contribution in [0.1, 0.15) is 35.7 Å². The molecule has 0 aliphatic heterocycles. The Morgan fingerprint density at radius 1 is 1.08 bits per heavy atom. The van der Waals surface area contributed by atoms with Crippen molar-refractivity contribution < 1.29 is 22.4 Å². The molecule has 1 amide bonds. The molecule has 4 rings (SSSR count). The molecule has 0 saturated carbocycles. The van der Waals surface area contributed by atoms with E-state index in [1.807, 2.05) is 44.2 Å². The summed E-state index contributed by atoms with van der Waals surface area (Å²) in [6.07, 6.45) is 1.51. The fourth-order valence-corrected chi connectivity index (χ4v) is 4.42. The molecule has 10 nitrogen and oxygen atoms in total. The standard InChI is InChI=1S/C25H27N5O5S/c1-4-26-24(31)21-15-30(5-2)28-23(21)29-36(32,33)20-13-11-19(12-14-20)34-16-22-17(3)35-25(27-22)18-9-7-6-8-10-18/h6-15H,4-5,16H2,1-3H3,(H,26,31)(H,28,29). The SMILES string of the molecule is CCNC(=O)c1cn(CC)nc1NS(=O)(=O)c1ccc(OCc2nc(-c3ccccc3)oc2C)cc1. The second kappa shape index (κ2) is 10.6. The summed E-state index contributed by atoms with van der Waals surface area (Å²) in [7, 11) is -3.99. The number of benzene rings is 2. The quantitative estimate of drug-likeness (QED) is 0.331. The lowest BCUT2D eigenvalue weighted by Gasteiger charge is -2.09. The molecule has 188 valence electrons. The van der Waals surface area contributed by atoms with Crippen LogP contribution in [0.5, 0.6) is 5.75 Å². The number of carbonyl (C=O) groups is 1. The molecule has 0 spiro atoms. The highest BCUT2D eigenvalue weighted by molar-refractivity contribution is 7.92. The molecular formula is C25H27N5O5S. The summed E-state index contributed by atoms with van der Waals surface area (Å²) in [5.41, 5.74) is 1.67. The Morgan fingerprint density at radius 2 is 1.81 bits per heavy atom. The fourth-order valence-electron chi connectivity index (χ4n) is 3.40. The Balaban J connectivity index is 1.45. The normalized spacial score (nSPS) is 11.3. The van der Waals surface area contributed by atoms with Crippen LogP contribution in [0.3, 0.4) is 0 Å². The largest absolute Gasteiger partial charge is 0.487 e. The van der Waals surface area contributed by atoms with Gasteiger partial charge in [0.1, 0.15) is 29.4 Å². The highest BCUT2D eigenvalue weighted by Gasteiger charge is 2.22. The van der Waals surface area contributed by atoms with E-state index >= 15 is 0 Å². The highest BCUT2D eigenvalue weighted by atomic mass is 32.2. The van der Waals surface area contributed by atoms with E-state index in [0.717, 1.165) is 5.56 Å². The lowest BCUT2D eigenvalue weighted by molar-refractivity contribution is 0.0956. The highest BCUT2D eigenvalue weighted by Crippen LogP contribution is 2.24. The van der Waals surface area contributed by atoms with Gasteiger partial charge in [-0.25, -0.2) is 13.4 Å². The number of carbonyl (C=O) groups excluding carboxylic acids is 1. The van der Waals surface area contributed by atoms with Gasteiger partial charge in [0.15, 0.2) is 5.82 Å². The Morgan fingerprint density at radius 3 is 2.47 bits per heavy atom. The number of sulfonamides is 1. The summed E-state index contributed by atoms with van der Waals surface area (Å²) in [6, 6.07) is 15.5. The Labute approximate surface area is 209 Å². The van der Waals surface area contributed by atoms with Gasteiger partial charge in [-0.05, 0) is 57.2 Å². The molecule has 2 heterocycles. The van der Waals surface area contributed by atoms with Gasteiger partial charge in [-0.1, -0.05) is 18.2 Å². The van der Waals surface area contributed by atoms with E-state index in [1.54, 1.807) is 19.1 Å². The molecular weight excluding hydrogens is 482 g/mol. The number of nitrogens with zero attached hydrogens (tertiary/aromatic N) is 3. The average Bonchev–Trinajstić information content (AvgIpc) is 3.46. The number of anilines is 1. The third-order valence-electron chi connectivity index (χ3n) is 5.32. The molecule has 0 unspecified atom stereocenters. The fraction of sp³-hybridized carbons (Fsp3) is 0.240. The molecule has 0 atom stereocenters. The lowest BCUT2D eigenvalue weighted by Crippen LogP contribution is -2.24. The predicted molar refractivity (Wildman–Crippen MR) is 134 cm³/mol. The van der Waals surface area contributed by atoms with Crippen LogP contribution in [0.15, 0.2) is 70.1 Å². The van der Waals surface area contributed by atoms with Crippen LogP contribution in [0, 0.1) is 6.92 Å². The van der Waals surface area contributed by atoms with E-state index < -0.39 is 15.9 Å². The van der Waals surface area contributed by atoms with Gasteiger partial charge in [0.2, 0.25) is 5.89 Å². The zero-order valence-electron chi connectivity index (χ0n) is 20.2. The molecule has 36 heavy (non-hydrogen) atoms. The molecule has 0 saturated heterocycles. The number of oxazole rings is 1. The predicted octanol–water partition coefficient (Wildman–Crippen LogP) is 4.00. The maximum absolute atomic E-state index is 12.9. The van der Waals surface area contributed by atoms with E-state index in [2.05, 4.69) is 20.1 Å². The van der Waals surface area contributed by atoms with Gasteiger partial charge in [0.25, 0.3) is 15.9 Å². The monoisotopic (exact) mass is 509 g/mol. The zero-order valence-corrected chi connectivity index (χ0v) is 21.0. The summed E-state index contributed by atoms with van der Waals surface area (Å²) in [4.78, 5) is 16.8. The first-order valence-corrected chi connectivity index (χ1v) is 12.9. The molecule has 0 aliphatic rings. The van der Waals surface area contributed by atoms with Gasteiger partial charge in [-0.2, -0.15) is 5.10 Å². The van der Waals surface area contributed by atoms with Gasteiger partial charge >= 0.3 is 0 Å². The van der Waals surface area contributed by atoms with Crippen LogP contribution in [0.2, 0.25) is 0 Å². The van der Waals surface area contributed by atoms with E-state index in [1.165, 1.54) is 23.0 Å². The second-order valence-corrected chi connectivity index (χ2v) is 9.54. The van der Waals surface area contributed by atoms with Crippen LogP contribution >= 0.6 is 0 Å². The molecule has 11 heteroatoms. The zero-order chi connectivity index (χ0) is 25.7. The molecule has 0 fully saturated rings. The van der Waals surface area contributed by atoms with Crippen molar-refractivity contribution in [2.75, 3.05) is 11.3 Å². The van der Waals surface area contributed by atoms with Crippen molar-refractivity contribution in [3.05, 3.63) is 77.8 Å². The first-order chi connectivity index (χ1) is 17.3. The molecule has 0 radical (unpaired) electrons. The van der Waals surface area contributed by atoms with Crippen LogP contribution in [0.25, 0.3) is 11.5 Å². The van der Waals surface area contributed by atoms with Gasteiger partial charge in [-0.15, -0.1) is 0 Å². The number of ether oxygens (including phenoxy) is 1. The Hall–Kier alpha value is -4.12. The minimum atomic E-state index is -3.99. The smallest absolute Gasteiger partial charge is 0.263 e. The van der Waals surface area contributed by atoms with Crippen molar-refractivity contribution in [2.24, 2.45) is 0 Å². The first kappa shape index (κ1) is 25.0. The minimum absolute atomic E-state index is 0.00623. The van der Waals surface area contributed by atoms with Gasteiger partial charge in [0, 0.05) is 24.8 Å². The summed E-state index contributed by atoms with van der Waals surface area (Å²) in [5.74, 6) is 1.19. The Kier molecular flexibility index (Phi) is 7.39. The number of aromatic nitrogens is 3. The van der Waals surface area contributed by atoms with Gasteiger partial charge in [0.05, 0.1) is 4.90 Å². The summed E-state index contributed by atoms with van der Waals surface area (Å²) in [5, 5.41) is 6.84. The number of amides is 1. The van der Waals surface area contributed by atoms with E-state index in [0.29, 0.717) is 36.2 Å². The number of hydrogen-bond acceptors (Lipinski definition) is 7. The van der Waals surface area contributed by atoms with Crippen LogP contribution in [-0.2, 0) is 23.2 Å². The molecule has 0 bridgehead atoms. The second-order valence-electron chi connectivity index (χ2n) is 7.86. The maximum atomic E-state index is 12.9. The maximum Gasteiger partial charge on any atom is 0.263 e. The number of hydrogen-bond donors (Lipinski definition) is 2.